The topological polar surface area (TPSA) is 90.2 Å². The summed E-state index contributed by atoms with van der Waals surface area (Å²) in [4.78, 5) is 32.3. The molecule has 7 aromatic carbocycles. The van der Waals surface area contributed by atoms with Crippen LogP contribution in [0.2, 0.25) is 0 Å². The Labute approximate surface area is 697 Å². The number of hydrogen-bond acceptors (Lipinski definition) is 7. The Morgan fingerprint density at radius 3 is 1.18 bits per heavy atom. The Morgan fingerprint density at radius 1 is 0.179 bits per heavy atom. The highest BCUT2D eigenvalue weighted by Gasteiger charge is 2.31. The van der Waals surface area contributed by atoms with Crippen molar-refractivity contribution >= 4 is 0 Å². The van der Waals surface area contributed by atoms with Crippen LogP contribution < -0.4 is 0 Å². The summed E-state index contributed by atoms with van der Waals surface area (Å²) in [6, 6.07) is 35.7. The maximum atomic E-state index is 4.66. The second-order valence-corrected chi connectivity index (χ2v) is 35.1. The summed E-state index contributed by atoms with van der Waals surface area (Å²) in [7, 11) is 0. The van der Waals surface area contributed by atoms with Gasteiger partial charge in [-0.1, -0.05) is 96.1 Å². The molecule has 0 spiro atoms. The number of nitrogens with zero attached hydrogens (tertiary/aromatic N) is 7. The minimum absolute atomic E-state index is 1.05. The van der Waals surface area contributed by atoms with E-state index in [4.69, 9.17) is 0 Å². The van der Waals surface area contributed by atoms with Crippen LogP contribution in [-0.2, 0) is 44.9 Å². The molecule has 0 N–H and O–H groups in total. The largest absolute Gasteiger partial charge is 0.261 e. The van der Waals surface area contributed by atoms with E-state index >= 15 is 0 Å². The van der Waals surface area contributed by atoms with Gasteiger partial charge in [-0.15, -0.1) is 0 Å². The normalized spacial score (nSPS) is 12.5. The van der Waals surface area contributed by atoms with Gasteiger partial charge in [0.1, 0.15) is 0 Å². The molecule has 0 atom stereocenters. The first kappa shape index (κ1) is 80.8. The number of benzene rings is 7. The summed E-state index contributed by atoms with van der Waals surface area (Å²) in [5.41, 5.74) is 73.4. The van der Waals surface area contributed by atoms with Crippen molar-refractivity contribution in [2.45, 2.75) is 225 Å². The summed E-state index contributed by atoms with van der Waals surface area (Å²) in [5, 5.41) is 0. The van der Waals surface area contributed by atoms with E-state index in [1.165, 1.54) is 296 Å². The molecular weight excluding hydrogens is 1420 g/mol. The van der Waals surface area contributed by atoms with Crippen molar-refractivity contribution in [1.29, 1.82) is 0 Å². The zero-order chi connectivity index (χ0) is 83.3. The van der Waals surface area contributed by atoms with Crippen LogP contribution in [0.5, 0.6) is 0 Å². The van der Waals surface area contributed by atoms with Crippen molar-refractivity contribution in [1.82, 2.24) is 34.9 Å². The van der Waals surface area contributed by atoms with Gasteiger partial charge in [0.05, 0.1) is 34.2 Å². The first-order valence-electron chi connectivity index (χ1n) is 42.1. The SMILES string of the molecule is Cc1cc(C)c2c(c1)-c1ncc(C)c(C)c1C2.Cc1cc(C)c2c(c1)Cc1c-2ncc(C)c1C.Cc1cc2c(cc1C)-c1ncc(C)c(C)c1C2.Cc1ccc2c(c1C)Cc1c-2ncc(C)c1C.Cc1cnc2c(c1C)Cc1c(C)ccc(C)c1-2.Cc1cnc2c(c1C)Cc1ccc(C)c(C)c1-2.Cc1ncc2c(c1C)Cc1ccccc1-2. The van der Waals surface area contributed by atoms with Crippen LogP contribution in [0.15, 0.2) is 140 Å². The minimum Gasteiger partial charge on any atom is -0.261 e. The molecule has 117 heavy (non-hydrogen) atoms. The maximum Gasteiger partial charge on any atom is 0.0745 e. The average Bonchev–Trinajstić information content (AvgIpc) is 1.64. The molecule has 0 bridgehead atoms. The van der Waals surface area contributed by atoms with Crippen molar-refractivity contribution in [3.05, 3.63) is 363 Å². The average molecular weight is 1540 g/mol. The third-order valence-electron chi connectivity index (χ3n) is 27.7. The third-order valence-corrected chi connectivity index (χ3v) is 27.7. The molecule has 7 aliphatic carbocycles. The van der Waals surface area contributed by atoms with Crippen molar-refractivity contribution < 1.29 is 0 Å². The van der Waals surface area contributed by atoms with E-state index < -0.39 is 0 Å². The van der Waals surface area contributed by atoms with E-state index in [-0.39, 0.29) is 0 Å². The smallest absolute Gasteiger partial charge is 0.0745 e. The number of aromatic nitrogens is 7. The molecule has 7 nitrogen and oxygen atoms in total. The molecule has 14 aromatic rings. The van der Waals surface area contributed by atoms with E-state index in [1.54, 1.807) is 0 Å². The third kappa shape index (κ3) is 14.7. The number of aryl methyl sites for hydroxylation is 17. The van der Waals surface area contributed by atoms with Crippen LogP contribution in [0, 0.1) is 180 Å². The Morgan fingerprint density at radius 2 is 0.581 bits per heavy atom. The Kier molecular flexibility index (Phi) is 22.0. The van der Waals surface area contributed by atoms with Crippen LogP contribution >= 0.6 is 0 Å². The summed E-state index contributed by atoms with van der Waals surface area (Å²) < 4.78 is 0. The van der Waals surface area contributed by atoms with Crippen LogP contribution in [0.25, 0.3) is 78.7 Å². The molecule has 0 amide bonds. The molecule has 0 fully saturated rings. The van der Waals surface area contributed by atoms with Crippen LogP contribution in [0.4, 0.5) is 0 Å². The van der Waals surface area contributed by atoms with Crippen molar-refractivity contribution in [2.75, 3.05) is 0 Å². The van der Waals surface area contributed by atoms with Gasteiger partial charge in [0.2, 0.25) is 0 Å². The maximum absolute atomic E-state index is 4.66. The first-order chi connectivity index (χ1) is 55.8. The number of hydrogen-bond donors (Lipinski definition) is 0. The number of pyridine rings is 7. The Hall–Kier alpha value is -11.4. The molecule has 7 aromatic heterocycles. The highest BCUT2D eigenvalue weighted by Crippen LogP contribution is 2.47. The summed E-state index contributed by atoms with van der Waals surface area (Å²) in [5.74, 6) is 0. The number of fused-ring (bicyclic) bond motifs is 21. The van der Waals surface area contributed by atoms with E-state index in [2.05, 4.69) is 312 Å². The lowest BCUT2D eigenvalue weighted by Gasteiger charge is -2.09. The van der Waals surface area contributed by atoms with Crippen LogP contribution in [-0.4, -0.2) is 34.9 Å². The molecular formula is C110H115N7. The second kappa shape index (κ2) is 31.9. The van der Waals surface area contributed by atoms with Crippen molar-refractivity contribution in [3.63, 3.8) is 0 Å². The standard InChI is InChI=1S/6C16H17N.C14H13N/c1-9-5-13-7-14-12(4)11(3)8-17-16(14)15(13)6-10(9)2;1-9-5-10(2)13-7-14-12(4)11(3)8-17-16(14)15(13)6-9;1-9-5-10(2)15-13(6-9)7-14-12(4)11(3)8-17-16(14)15;1-9-5-6-13-7-14-11(3)10(2)8-17-16(14)15(13)12(9)4;1-9-5-6-13-14(11(9)3)7-15-12(4)10(2)8-17-16(13)15;1-9-5-6-10(2)15-13(9)7-14-12(4)11(3)8-17-16(14)15;1-9-10(2)15-8-14-12-6-4-3-5-11(12)7-13(9)14/h6*5-6,8H,7H2,1-4H3;3-6,8H,7H2,1-2H3. The molecule has 0 saturated heterocycles. The van der Waals surface area contributed by atoms with Gasteiger partial charge in [-0.3, -0.25) is 34.9 Å². The lowest BCUT2D eigenvalue weighted by atomic mass is 9.99. The quantitative estimate of drug-likeness (QED) is 0.149. The fraction of sp³-hybridized carbons (Fsp3) is 0.300. The predicted molar refractivity (Wildman–Crippen MR) is 491 cm³/mol. The summed E-state index contributed by atoms with van der Waals surface area (Å²) in [6.07, 6.45) is 21.4. The molecule has 21 rings (SSSR count). The lowest BCUT2D eigenvalue weighted by molar-refractivity contribution is 1.10. The molecule has 7 heterocycles. The molecule has 590 valence electrons. The molecule has 0 saturated carbocycles. The Bertz CT molecular complexity index is 6390. The van der Waals surface area contributed by atoms with Gasteiger partial charge in [-0.25, -0.2) is 0 Å². The Balaban J connectivity index is 0.000000107. The van der Waals surface area contributed by atoms with Crippen LogP contribution in [0.1, 0.15) is 223 Å². The fourth-order valence-electron chi connectivity index (χ4n) is 18.9. The molecule has 7 heteroatoms. The van der Waals surface area contributed by atoms with Gasteiger partial charge in [0.25, 0.3) is 0 Å². The predicted octanol–water partition coefficient (Wildman–Crippen LogP) is 26.6. The zero-order valence-corrected chi connectivity index (χ0v) is 74.4. The second-order valence-electron chi connectivity index (χ2n) is 35.1. The van der Waals surface area contributed by atoms with Gasteiger partial charge < -0.3 is 0 Å². The molecule has 0 aliphatic heterocycles. The van der Waals surface area contributed by atoms with E-state index in [1.807, 2.05) is 43.4 Å². The highest BCUT2D eigenvalue weighted by molar-refractivity contribution is 5.84. The first-order valence-corrected chi connectivity index (χ1v) is 42.1. The van der Waals surface area contributed by atoms with Gasteiger partial charge in [0.15, 0.2) is 0 Å². The van der Waals surface area contributed by atoms with Gasteiger partial charge in [-0.2, -0.15) is 0 Å². The highest BCUT2D eigenvalue weighted by atomic mass is 14.7. The molecule has 0 unspecified atom stereocenters. The van der Waals surface area contributed by atoms with E-state index in [9.17, 15) is 0 Å². The fourth-order valence-corrected chi connectivity index (χ4v) is 18.9. The minimum atomic E-state index is 1.05. The molecule has 0 radical (unpaired) electrons. The summed E-state index contributed by atoms with van der Waals surface area (Å²) in [6.45, 7) is 56.7. The molecule has 7 aliphatic rings. The van der Waals surface area contributed by atoms with Gasteiger partial charge in [0, 0.05) is 127 Å². The van der Waals surface area contributed by atoms with Gasteiger partial charge in [-0.05, 0) is 410 Å². The summed E-state index contributed by atoms with van der Waals surface area (Å²) >= 11 is 0. The van der Waals surface area contributed by atoms with Crippen molar-refractivity contribution in [3.8, 4) is 78.7 Å². The monoisotopic (exact) mass is 1530 g/mol. The number of rotatable bonds is 0. The van der Waals surface area contributed by atoms with Gasteiger partial charge >= 0.3 is 0 Å². The zero-order valence-electron chi connectivity index (χ0n) is 74.4. The van der Waals surface area contributed by atoms with E-state index in [0.717, 1.165) is 50.6 Å². The van der Waals surface area contributed by atoms with E-state index in [0.29, 0.717) is 0 Å². The van der Waals surface area contributed by atoms with Crippen molar-refractivity contribution in [2.24, 2.45) is 0 Å². The van der Waals surface area contributed by atoms with Crippen LogP contribution in [0.3, 0.4) is 0 Å². The lowest BCUT2D eigenvalue weighted by Crippen LogP contribution is -1.93.